The number of fused-ring (bicyclic) bond motifs is 1. The number of hydrogen-bond acceptors (Lipinski definition) is 4. The van der Waals surface area contributed by atoms with E-state index < -0.39 is 0 Å². The highest BCUT2D eigenvalue weighted by atomic mass is 16.3. The number of hydrogen-bond donors (Lipinski definition) is 2. The molecular weight excluding hydrogens is 282 g/mol. The maximum absolute atomic E-state index is 12.5. The summed E-state index contributed by atoms with van der Waals surface area (Å²) < 4.78 is 1.16. The molecule has 0 spiro atoms. The van der Waals surface area contributed by atoms with Crippen LogP contribution in [0, 0.1) is 5.92 Å². The molecule has 6 heteroatoms. The summed E-state index contributed by atoms with van der Waals surface area (Å²) in [5.74, 6) is -0.237. The van der Waals surface area contributed by atoms with E-state index in [2.05, 4.69) is 10.4 Å². The molecule has 2 rings (SSSR count). The Morgan fingerprint density at radius 3 is 2.59 bits per heavy atom. The third kappa shape index (κ3) is 3.01. The second-order valence-corrected chi connectivity index (χ2v) is 5.47. The van der Waals surface area contributed by atoms with Crippen LogP contribution in [-0.2, 0) is 7.05 Å². The van der Waals surface area contributed by atoms with Crippen molar-refractivity contribution in [3.05, 3.63) is 40.3 Å². The first-order chi connectivity index (χ1) is 10.5. The Morgan fingerprint density at radius 2 is 2.00 bits per heavy atom. The topological polar surface area (TPSA) is 84.2 Å². The Morgan fingerprint density at radius 1 is 1.36 bits per heavy atom. The number of aryl methyl sites for hydroxylation is 1. The molecule has 0 saturated carbocycles. The standard InChI is InChI=1S/C16H21N3O3/c1-4-10(2)13(9-20)17-15(21)14-11-7-5-6-8-12(11)16(22)19(3)18-14/h5-8,10,13,20H,4,9H2,1-3H3,(H,17,21)/t10-,13+/m0/s1. The molecule has 0 bridgehead atoms. The molecule has 0 aliphatic rings. The summed E-state index contributed by atoms with van der Waals surface area (Å²) in [6, 6.07) is 6.55. The first kappa shape index (κ1) is 16.2. The van der Waals surface area contributed by atoms with Gasteiger partial charge in [-0.15, -0.1) is 0 Å². The fourth-order valence-corrected chi connectivity index (χ4v) is 2.36. The van der Waals surface area contributed by atoms with Gasteiger partial charge in [-0.1, -0.05) is 38.5 Å². The van der Waals surface area contributed by atoms with Crippen LogP contribution in [0.5, 0.6) is 0 Å². The predicted octanol–water partition coefficient (Wildman–Crippen LogP) is 1.07. The Bertz CT molecular complexity index is 739. The largest absolute Gasteiger partial charge is 0.394 e. The van der Waals surface area contributed by atoms with Crippen molar-refractivity contribution in [2.45, 2.75) is 26.3 Å². The molecule has 1 aromatic heterocycles. The van der Waals surface area contributed by atoms with Crippen molar-refractivity contribution in [1.29, 1.82) is 0 Å². The van der Waals surface area contributed by atoms with Gasteiger partial charge in [-0.2, -0.15) is 5.10 Å². The third-order valence-corrected chi connectivity index (χ3v) is 4.02. The lowest BCUT2D eigenvalue weighted by Gasteiger charge is -2.22. The van der Waals surface area contributed by atoms with E-state index in [9.17, 15) is 14.7 Å². The number of carbonyl (C=O) groups is 1. The highest BCUT2D eigenvalue weighted by Gasteiger charge is 2.21. The predicted molar refractivity (Wildman–Crippen MR) is 84.8 cm³/mol. The lowest BCUT2D eigenvalue weighted by molar-refractivity contribution is 0.0886. The zero-order valence-corrected chi connectivity index (χ0v) is 13.0. The number of amides is 1. The Balaban J connectivity index is 2.44. The van der Waals surface area contributed by atoms with Crippen LogP contribution in [0.1, 0.15) is 30.8 Å². The molecule has 0 aliphatic carbocycles. The van der Waals surface area contributed by atoms with Crippen LogP contribution in [0.25, 0.3) is 10.8 Å². The summed E-state index contributed by atoms with van der Waals surface area (Å²) in [5.41, 5.74) is -0.0489. The molecule has 2 N–H and O–H groups in total. The van der Waals surface area contributed by atoms with Gasteiger partial charge in [0.25, 0.3) is 11.5 Å². The molecule has 0 saturated heterocycles. The van der Waals surface area contributed by atoms with E-state index in [4.69, 9.17) is 0 Å². The van der Waals surface area contributed by atoms with Gasteiger partial charge in [0, 0.05) is 12.4 Å². The molecule has 1 amide bonds. The second kappa shape index (κ2) is 6.70. The average Bonchev–Trinajstić information content (AvgIpc) is 2.55. The number of nitrogens with zero attached hydrogens (tertiary/aromatic N) is 2. The molecule has 2 atom stereocenters. The van der Waals surface area contributed by atoms with Gasteiger partial charge in [-0.3, -0.25) is 9.59 Å². The first-order valence-electron chi connectivity index (χ1n) is 7.37. The quantitative estimate of drug-likeness (QED) is 0.865. The van der Waals surface area contributed by atoms with Crippen LogP contribution in [0.4, 0.5) is 0 Å². The van der Waals surface area contributed by atoms with E-state index in [1.54, 1.807) is 24.3 Å². The maximum atomic E-state index is 12.5. The molecule has 22 heavy (non-hydrogen) atoms. The summed E-state index contributed by atoms with van der Waals surface area (Å²) >= 11 is 0. The Hall–Kier alpha value is -2.21. The molecule has 6 nitrogen and oxygen atoms in total. The van der Waals surface area contributed by atoms with Gasteiger partial charge in [0.2, 0.25) is 0 Å². The average molecular weight is 303 g/mol. The van der Waals surface area contributed by atoms with Crippen molar-refractivity contribution >= 4 is 16.7 Å². The van der Waals surface area contributed by atoms with Crippen LogP contribution < -0.4 is 10.9 Å². The summed E-state index contributed by atoms with van der Waals surface area (Å²) in [6.07, 6.45) is 0.840. The normalized spacial score (nSPS) is 13.8. The smallest absolute Gasteiger partial charge is 0.274 e. The van der Waals surface area contributed by atoms with Gasteiger partial charge in [-0.05, 0) is 12.0 Å². The van der Waals surface area contributed by atoms with E-state index in [1.165, 1.54) is 7.05 Å². The van der Waals surface area contributed by atoms with Crippen LogP contribution in [0.15, 0.2) is 29.1 Å². The van der Waals surface area contributed by atoms with Gasteiger partial charge in [0.1, 0.15) is 0 Å². The number of carbonyl (C=O) groups excluding carboxylic acids is 1. The van der Waals surface area contributed by atoms with Crippen molar-refractivity contribution in [2.24, 2.45) is 13.0 Å². The summed E-state index contributed by atoms with van der Waals surface area (Å²) in [7, 11) is 1.52. The summed E-state index contributed by atoms with van der Waals surface area (Å²) in [4.78, 5) is 24.6. The van der Waals surface area contributed by atoms with E-state index in [1.807, 2.05) is 13.8 Å². The minimum absolute atomic E-state index is 0.134. The third-order valence-electron chi connectivity index (χ3n) is 4.02. The van der Waals surface area contributed by atoms with Crippen molar-refractivity contribution in [3.8, 4) is 0 Å². The number of aromatic nitrogens is 2. The van der Waals surface area contributed by atoms with E-state index in [-0.39, 0.29) is 35.7 Å². The van der Waals surface area contributed by atoms with Crippen LogP contribution in [0.2, 0.25) is 0 Å². The summed E-state index contributed by atoms with van der Waals surface area (Å²) in [6.45, 7) is 3.83. The van der Waals surface area contributed by atoms with E-state index >= 15 is 0 Å². The number of nitrogens with one attached hydrogen (secondary N) is 1. The van der Waals surface area contributed by atoms with Gasteiger partial charge in [0.05, 0.1) is 18.0 Å². The molecule has 0 radical (unpaired) electrons. The minimum Gasteiger partial charge on any atom is -0.394 e. The van der Waals surface area contributed by atoms with Gasteiger partial charge in [-0.25, -0.2) is 4.68 Å². The van der Waals surface area contributed by atoms with Crippen LogP contribution in [0.3, 0.4) is 0 Å². The molecule has 118 valence electrons. The Labute approximate surface area is 128 Å². The molecular formula is C16H21N3O3. The van der Waals surface area contributed by atoms with Crippen molar-refractivity contribution in [2.75, 3.05) is 6.61 Å². The first-order valence-corrected chi connectivity index (χ1v) is 7.37. The fraction of sp³-hybridized carbons (Fsp3) is 0.438. The lowest BCUT2D eigenvalue weighted by Crippen LogP contribution is -2.42. The molecule has 2 aromatic rings. The van der Waals surface area contributed by atoms with Gasteiger partial charge in [0.15, 0.2) is 5.69 Å². The SMILES string of the molecule is CC[C@H](C)[C@@H](CO)NC(=O)c1nn(C)c(=O)c2ccccc12. The monoisotopic (exact) mass is 303 g/mol. The van der Waals surface area contributed by atoms with Crippen molar-refractivity contribution < 1.29 is 9.90 Å². The van der Waals surface area contributed by atoms with Crippen LogP contribution in [-0.4, -0.2) is 33.4 Å². The minimum atomic E-state index is -0.383. The van der Waals surface area contributed by atoms with E-state index in [0.29, 0.717) is 10.8 Å². The maximum Gasteiger partial charge on any atom is 0.274 e. The number of aliphatic hydroxyl groups excluding tert-OH is 1. The fourth-order valence-electron chi connectivity index (χ4n) is 2.36. The highest BCUT2D eigenvalue weighted by molar-refractivity contribution is 6.04. The van der Waals surface area contributed by atoms with Gasteiger partial charge < -0.3 is 10.4 Å². The molecule has 1 aromatic carbocycles. The second-order valence-electron chi connectivity index (χ2n) is 5.47. The molecule has 0 aliphatic heterocycles. The zero-order valence-electron chi connectivity index (χ0n) is 13.0. The van der Waals surface area contributed by atoms with Crippen molar-refractivity contribution in [3.63, 3.8) is 0 Å². The zero-order chi connectivity index (χ0) is 16.3. The highest BCUT2D eigenvalue weighted by Crippen LogP contribution is 2.14. The van der Waals surface area contributed by atoms with Gasteiger partial charge >= 0.3 is 0 Å². The van der Waals surface area contributed by atoms with Crippen LogP contribution >= 0.6 is 0 Å². The number of aliphatic hydroxyl groups is 1. The molecule has 1 heterocycles. The van der Waals surface area contributed by atoms with E-state index in [0.717, 1.165) is 11.1 Å². The summed E-state index contributed by atoms with van der Waals surface area (Å²) in [5, 5.41) is 17.3. The Kier molecular flexibility index (Phi) is 4.92. The lowest BCUT2D eigenvalue weighted by atomic mass is 9.99. The molecule has 0 fully saturated rings. The molecule has 0 unspecified atom stereocenters. The van der Waals surface area contributed by atoms with Crippen molar-refractivity contribution in [1.82, 2.24) is 15.1 Å². The number of benzene rings is 1. The number of rotatable bonds is 5.